The van der Waals surface area contributed by atoms with Gasteiger partial charge in [-0.1, -0.05) is 48.5 Å². The molecule has 1 N–H and O–H groups in total. The molecule has 1 atom stereocenters. The molecule has 2 nitrogen and oxygen atoms in total. The van der Waals surface area contributed by atoms with E-state index in [-0.39, 0.29) is 6.04 Å². The maximum absolute atomic E-state index is 4.37. The Hall–Kier alpha value is -2.13. The number of benzene rings is 2. The van der Waals surface area contributed by atoms with Gasteiger partial charge in [0.15, 0.2) is 0 Å². The van der Waals surface area contributed by atoms with Crippen LogP contribution in [0.4, 0.5) is 5.69 Å². The molecule has 3 heteroatoms. The van der Waals surface area contributed by atoms with E-state index in [1.165, 1.54) is 11.1 Å². The number of nitrogens with one attached hydrogen (secondary N) is 1. The fraction of sp³-hybridized carbons (Fsp3) is 0.118. The van der Waals surface area contributed by atoms with Crippen LogP contribution in [0.1, 0.15) is 18.7 Å². The highest BCUT2D eigenvalue weighted by Crippen LogP contribution is 2.30. The van der Waals surface area contributed by atoms with Crippen molar-refractivity contribution in [3.8, 4) is 11.1 Å². The lowest BCUT2D eigenvalue weighted by Crippen LogP contribution is -2.07. The topological polar surface area (TPSA) is 24.9 Å². The van der Waals surface area contributed by atoms with Crippen LogP contribution in [0.15, 0.2) is 65.5 Å². The summed E-state index contributed by atoms with van der Waals surface area (Å²) in [5.74, 6) is 0. The second-order valence-electron chi connectivity index (χ2n) is 4.69. The summed E-state index contributed by atoms with van der Waals surface area (Å²) in [6, 6.07) is 19.0. The molecule has 0 aliphatic carbocycles. The maximum Gasteiger partial charge on any atom is 0.0795 e. The Morgan fingerprint density at radius 1 is 1.00 bits per heavy atom. The van der Waals surface area contributed by atoms with Crippen molar-refractivity contribution in [2.24, 2.45) is 0 Å². The third-order valence-corrected chi connectivity index (χ3v) is 3.88. The molecule has 0 amide bonds. The zero-order valence-corrected chi connectivity index (χ0v) is 12.1. The Labute approximate surface area is 123 Å². The summed E-state index contributed by atoms with van der Waals surface area (Å²) in [5.41, 5.74) is 6.53. The minimum Gasteiger partial charge on any atom is -0.376 e. The molecule has 2 aromatic carbocycles. The van der Waals surface area contributed by atoms with Crippen LogP contribution in [0.25, 0.3) is 11.1 Å². The number of hydrogen-bond acceptors (Lipinski definition) is 3. The van der Waals surface area contributed by atoms with Crippen molar-refractivity contribution in [2.75, 3.05) is 5.32 Å². The van der Waals surface area contributed by atoms with Crippen LogP contribution in [0.2, 0.25) is 0 Å². The summed E-state index contributed by atoms with van der Waals surface area (Å²) in [6.07, 6.45) is 0. The maximum atomic E-state index is 4.37. The predicted octanol–water partition coefficient (Wildman–Crippen LogP) is 4.98. The number of thiazole rings is 1. The van der Waals surface area contributed by atoms with E-state index < -0.39 is 0 Å². The zero-order valence-electron chi connectivity index (χ0n) is 11.3. The number of nitrogens with zero attached hydrogens (tertiary/aromatic N) is 1. The quantitative estimate of drug-likeness (QED) is 0.728. The third kappa shape index (κ3) is 2.73. The molecule has 3 aromatic rings. The van der Waals surface area contributed by atoms with Crippen LogP contribution in [-0.2, 0) is 0 Å². The van der Waals surface area contributed by atoms with Crippen LogP contribution >= 0.6 is 11.3 Å². The first-order valence-corrected chi connectivity index (χ1v) is 7.58. The van der Waals surface area contributed by atoms with E-state index in [0.29, 0.717) is 0 Å². The van der Waals surface area contributed by atoms with Crippen molar-refractivity contribution in [3.05, 3.63) is 71.2 Å². The molecule has 0 fully saturated rings. The average Bonchev–Trinajstić information content (AvgIpc) is 3.03. The van der Waals surface area contributed by atoms with Gasteiger partial charge in [0.2, 0.25) is 0 Å². The normalized spacial score (nSPS) is 12.1. The van der Waals surface area contributed by atoms with Gasteiger partial charge in [-0.2, -0.15) is 0 Å². The standard InChI is InChI=1S/C17H16N2S/c1-13(17-11-20-12-18-17)19-16-10-6-5-9-15(16)14-7-3-2-4-8-14/h2-13,19H,1H3. The Morgan fingerprint density at radius 2 is 1.75 bits per heavy atom. The smallest absolute Gasteiger partial charge is 0.0795 e. The monoisotopic (exact) mass is 280 g/mol. The fourth-order valence-corrected chi connectivity index (χ4v) is 2.87. The van der Waals surface area contributed by atoms with E-state index in [0.717, 1.165) is 11.4 Å². The number of anilines is 1. The Balaban J connectivity index is 1.91. The molecule has 0 bridgehead atoms. The molecule has 0 saturated carbocycles. The molecule has 20 heavy (non-hydrogen) atoms. The molecule has 100 valence electrons. The molecule has 0 spiro atoms. The largest absolute Gasteiger partial charge is 0.376 e. The van der Waals surface area contributed by atoms with E-state index >= 15 is 0 Å². The molecular formula is C17H16N2S. The summed E-state index contributed by atoms with van der Waals surface area (Å²) in [7, 11) is 0. The highest BCUT2D eigenvalue weighted by atomic mass is 32.1. The van der Waals surface area contributed by atoms with Gasteiger partial charge < -0.3 is 5.32 Å². The second-order valence-corrected chi connectivity index (χ2v) is 5.41. The van der Waals surface area contributed by atoms with Crippen molar-refractivity contribution in [3.63, 3.8) is 0 Å². The SMILES string of the molecule is CC(Nc1ccccc1-c1ccccc1)c1cscn1. The molecule has 0 aliphatic heterocycles. The van der Waals surface area contributed by atoms with E-state index in [9.17, 15) is 0 Å². The van der Waals surface area contributed by atoms with Crippen molar-refractivity contribution in [2.45, 2.75) is 13.0 Å². The van der Waals surface area contributed by atoms with Crippen molar-refractivity contribution in [1.82, 2.24) is 4.98 Å². The van der Waals surface area contributed by atoms with Gasteiger partial charge in [-0.05, 0) is 18.6 Å². The zero-order chi connectivity index (χ0) is 13.8. The van der Waals surface area contributed by atoms with Gasteiger partial charge in [0.05, 0.1) is 17.2 Å². The third-order valence-electron chi connectivity index (χ3n) is 3.28. The van der Waals surface area contributed by atoms with Gasteiger partial charge in [-0.15, -0.1) is 11.3 Å². The summed E-state index contributed by atoms with van der Waals surface area (Å²) in [5, 5.41) is 5.64. The van der Waals surface area contributed by atoms with Crippen LogP contribution in [-0.4, -0.2) is 4.98 Å². The van der Waals surface area contributed by atoms with Gasteiger partial charge in [0, 0.05) is 16.6 Å². The molecule has 0 saturated heterocycles. The van der Waals surface area contributed by atoms with E-state index in [1.807, 2.05) is 11.6 Å². The van der Waals surface area contributed by atoms with E-state index in [1.54, 1.807) is 11.3 Å². The van der Waals surface area contributed by atoms with Crippen molar-refractivity contribution in [1.29, 1.82) is 0 Å². The number of aromatic nitrogens is 1. The Morgan fingerprint density at radius 3 is 2.50 bits per heavy atom. The lowest BCUT2D eigenvalue weighted by Gasteiger charge is -2.17. The van der Waals surface area contributed by atoms with Crippen LogP contribution in [0, 0.1) is 0 Å². The number of hydrogen-bond donors (Lipinski definition) is 1. The van der Waals surface area contributed by atoms with Gasteiger partial charge in [0.1, 0.15) is 0 Å². The van der Waals surface area contributed by atoms with Gasteiger partial charge in [-0.3, -0.25) is 0 Å². The van der Waals surface area contributed by atoms with Crippen LogP contribution < -0.4 is 5.32 Å². The molecule has 0 radical (unpaired) electrons. The minimum atomic E-state index is 0.200. The Kier molecular flexibility index (Phi) is 3.79. The van der Waals surface area contributed by atoms with Crippen molar-refractivity contribution < 1.29 is 0 Å². The van der Waals surface area contributed by atoms with Gasteiger partial charge in [0.25, 0.3) is 0 Å². The number of rotatable bonds is 4. The minimum absolute atomic E-state index is 0.200. The number of para-hydroxylation sites is 1. The highest BCUT2D eigenvalue weighted by molar-refractivity contribution is 7.07. The molecule has 1 unspecified atom stereocenters. The molecule has 1 aromatic heterocycles. The van der Waals surface area contributed by atoms with E-state index in [2.05, 4.69) is 71.1 Å². The first-order valence-electron chi connectivity index (χ1n) is 6.63. The Bertz CT molecular complexity index is 662. The summed E-state index contributed by atoms with van der Waals surface area (Å²) in [4.78, 5) is 4.37. The summed E-state index contributed by atoms with van der Waals surface area (Å²) >= 11 is 1.63. The first-order chi connectivity index (χ1) is 9.84. The van der Waals surface area contributed by atoms with Crippen LogP contribution in [0.3, 0.4) is 0 Å². The predicted molar refractivity (Wildman–Crippen MR) is 86.0 cm³/mol. The molecule has 3 rings (SSSR count). The lowest BCUT2D eigenvalue weighted by atomic mass is 10.0. The lowest BCUT2D eigenvalue weighted by molar-refractivity contribution is 0.851. The second kappa shape index (κ2) is 5.88. The van der Waals surface area contributed by atoms with Crippen LogP contribution in [0.5, 0.6) is 0 Å². The van der Waals surface area contributed by atoms with E-state index in [4.69, 9.17) is 0 Å². The van der Waals surface area contributed by atoms with Crippen molar-refractivity contribution >= 4 is 17.0 Å². The first kappa shape index (κ1) is 12.9. The molecule has 0 aliphatic rings. The van der Waals surface area contributed by atoms with Gasteiger partial charge >= 0.3 is 0 Å². The summed E-state index contributed by atoms with van der Waals surface area (Å²) < 4.78 is 0. The summed E-state index contributed by atoms with van der Waals surface area (Å²) in [6.45, 7) is 2.14. The molecular weight excluding hydrogens is 264 g/mol. The molecule has 1 heterocycles. The fourth-order valence-electron chi connectivity index (χ4n) is 2.22. The average molecular weight is 280 g/mol. The highest BCUT2D eigenvalue weighted by Gasteiger charge is 2.10. The van der Waals surface area contributed by atoms with Gasteiger partial charge in [-0.25, -0.2) is 4.98 Å².